The molecule has 0 N–H and O–H groups in total. The zero-order valence-electron chi connectivity index (χ0n) is 23.2. The van der Waals surface area contributed by atoms with Gasteiger partial charge in [-0.3, -0.25) is 9.59 Å². The summed E-state index contributed by atoms with van der Waals surface area (Å²) >= 11 is 0. The number of hydrogen-bond donors (Lipinski definition) is 0. The maximum Gasteiger partial charge on any atom is 0.306 e. The van der Waals surface area contributed by atoms with Gasteiger partial charge in [-0.1, -0.05) is 34.6 Å². The molecule has 202 valence electrons. The molecule has 2 saturated heterocycles. The summed E-state index contributed by atoms with van der Waals surface area (Å²) in [6.07, 6.45) is 10.9. The highest BCUT2D eigenvalue weighted by molar-refractivity contribution is 5.87. The second kappa shape index (κ2) is 8.79. The van der Waals surface area contributed by atoms with Gasteiger partial charge in [0.1, 0.15) is 11.9 Å². The van der Waals surface area contributed by atoms with Crippen molar-refractivity contribution < 1.29 is 23.8 Å². The van der Waals surface area contributed by atoms with E-state index in [0.29, 0.717) is 41.8 Å². The van der Waals surface area contributed by atoms with E-state index in [1.165, 1.54) is 12.8 Å². The largest absolute Gasteiger partial charge is 0.462 e. The summed E-state index contributed by atoms with van der Waals surface area (Å²) in [4.78, 5) is 26.3. The second-order valence-corrected chi connectivity index (χ2v) is 14.2. The van der Waals surface area contributed by atoms with Gasteiger partial charge in [0.05, 0.1) is 12.7 Å². The minimum absolute atomic E-state index is 0.0378. The maximum absolute atomic E-state index is 14.2. The van der Waals surface area contributed by atoms with E-state index >= 15 is 0 Å². The predicted molar refractivity (Wildman–Crippen MR) is 137 cm³/mol. The number of fused-ring (bicyclic) bond motifs is 7. The van der Waals surface area contributed by atoms with Crippen molar-refractivity contribution in [1.82, 2.24) is 0 Å². The molecule has 0 aromatic carbocycles. The van der Waals surface area contributed by atoms with Crippen LogP contribution >= 0.6 is 0 Å². The van der Waals surface area contributed by atoms with E-state index in [1.807, 2.05) is 6.92 Å². The second-order valence-electron chi connectivity index (χ2n) is 14.2. The van der Waals surface area contributed by atoms with Crippen molar-refractivity contribution in [1.29, 1.82) is 0 Å². The minimum Gasteiger partial charge on any atom is -0.462 e. The predicted octanol–water partition coefficient (Wildman–Crippen LogP) is 6.32. The Morgan fingerprint density at radius 1 is 1.06 bits per heavy atom. The van der Waals surface area contributed by atoms with Crippen LogP contribution in [0.15, 0.2) is 0 Å². The third-order valence-corrected chi connectivity index (χ3v) is 12.5. The molecular weight excluding hydrogens is 452 g/mol. The van der Waals surface area contributed by atoms with Crippen LogP contribution in [-0.2, 0) is 23.8 Å². The van der Waals surface area contributed by atoms with Crippen molar-refractivity contribution in [3.05, 3.63) is 0 Å². The number of ether oxygens (including phenoxy) is 3. The van der Waals surface area contributed by atoms with Crippen LogP contribution < -0.4 is 0 Å². The Labute approximate surface area is 217 Å². The molecule has 6 aliphatic rings. The molecule has 0 unspecified atom stereocenters. The van der Waals surface area contributed by atoms with Crippen molar-refractivity contribution >= 4 is 11.8 Å². The Morgan fingerprint density at radius 2 is 1.86 bits per heavy atom. The molecular formula is C31H48O5. The fourth-order valence-corrected chi connectivity index (χ4v) is 10.5. The van der Waals surface area contributed by atoms with E-state index in [0.717, 1.165) is 58.0 Å². The smallest absolute Gasteiger partial charge is 0.306 e. The van der Waals surface area contributed by atoms with E-state index in [9.17, 15) is 9.59 Å². The molecule has 2 aliphatic heterocycles. The van der Waals surface area contributed by atoms with Gasteiger partial charge in [-0.05, 0) is 86.4 Å². The third kappa shape index (κ3) is 3.53. The molecule has 5 nitrogen and oxygen atoms in total. The summed E-state index contributed by atoms with van der Waals surface area (Å²) in [6, 6.07) is 0. The lowest BCUT2D eigenvalue weighted by Crippen LogP contribution is -2.58. The van der Waals surface area contributed by atoms with Crippen LogP contribution in [0.5, 0.6) is 0 Å². The van der Waals surface area contributed by atoms with Gasteiger partial charge in [-0.2, -0.15) is 0 Å². The van der Waals surface area contributed by atoms with Gasteiger partial charge in [0.2, 0.25) is 0 Å². The quantitative estimate of drug-likeness (QED) is 0.424. The fourth-order valence-electron chi connectivity index (χ4n) is 10.5. The molecule has 0 bridgehead atoms. The third-order valence-electron chi connectivity index (χ3n) is 12.5. The Kier molecular flexibility index (Phi) is 6.19. The molecule has 0 amide bonds. The van der Waals surface area contributed by atoms with Crippen LogP contribution in [0.25, 0.3) is 0 Å². The lowest BCUT2D eigenvalue weighted by Gasteiger charge is -2.60. The van der Waals surface area contributed by atoms with Crippen LogP contribution in [-0.4, -0.2) is 36.4 Å². The van der Waals surface area contributed by atoms with Crippen LogP contribution in [0, 0.1) is 52.3 Å². The standard InChI is InChI=1S/C31H48O5/c1-6-7-27(33)35-21-11-12-29(4)20(14-21)8-9-22-23(29)16-26(32)30(5)24(22)15-25-28(30)19(3)31(36-25)13-10-18(2)17-34-31/h18-25,28H,6-17H2,1-5H3/t18-,19-,20-,21+,22-,23+,24+,25-,28-,29-,30+,31+/m0/s1. The number of ketones is 1. The molecule has 4 aliphatic carbocycles. The number of carbonyl (C=O) groups is 2. The average molecular weight is 501 g/mol. The molecule has 1 spiro atoms. The zero-order chi connectivity index (χ0) is 25.5. The van der Waals surface area contributed by atoms with Gasteiger partial charge in [0, 0.05) is 36.5 Å². The van der Waals surface area contributed by atoms with E-state index in [1.54, 1.807) is 0 Å². The molecule has 4 saturated carbocycles. The SMILES string of the molecule is CCCC(=O)O[C@@H]1CC[C@@]2(C)[C@@H](CC[C@H]3[C@H]2CC(=O)[C@]2(C)[C@@H]4[C@H](C[C@H]32)O[C@]2(CC[C@H](C)CO2)[C@H]4C)C1. The zero-order valence-corrected chi connectivity index (χ0v) is 23.2. The summed E-state index contributed by atoms with van der Waals surface area (Å²) in [7, 11) is 0. The lowest BCUT2D eigenvalue weighted by atomic mass is 9.44. The minimum atomic E-state index is -0.468. The summed E-state index contributed by atoms with van der Waals surface area (Å²) in [5.41, 5.74) is -0.0984. The van der Waals surface area contributed by atoms with Crippen molar-refractivity contribution in [2.24, 2.45) is 52.3 Å². The first kappa shape index (κ1) is 25.3. The van der Waals surface area contributed by atoms with Gasteiger partial charge >= 0.3 is 5.97 Å². The Bertz CT molecular complexity index is 891. The monoisotopic (exact) mass is 500 g/mol. The van der Waals surface area contributed by atoms with Crippen LogP contribution in [0.4, 0.5) is 0 Å². The molecule has 0 aromatic rings. The van der Waals surface area contributed by atoms with Crippen LogP contribution in [0.1, 0.15) is 105 Å². The van der Waals surface area contributed by atoms with E-state index in [4.69, 9.17) is 14.2 Å². The Hall–Kier alpha value is -0.940. The van der Waals surface area contributed by atoms with Crippen LogP contribution in [0.2, 0.25) is 0 Å². The van der Waals surface area contributed by atoms with Gasteiger partial charge in [0.15, 0.2) is 5.79 Å². The number of rotatable bonds is 3. The number of Topliss-reactive ketones (excluding diaryl/α,β-unsaturated/α-hetero) is 1. The molecule has 6 fully saturated rings. The highest BCUT2D eigenvalue weighted by Gasteiger charge is 2.71. The molecule has 0 radical (unpaired) electrons. The molecule has 12 atom stereocenters. The number of esters is 1. The first-order valence-corrected chi connectivity index (χ1v) is 15.2. The summed E-state index contributed by atoms with van der Waals surface area (Å²) in [6.45, 7) is 12.2. The summed E-state index contributed by atoms with van der Waals surface area (Å²) < 4.78 is 19.1. The topological polar surface area (TPSA) is 61.8 Å². The molecule has 6 rings (SSSR count). The highest BCUT2D eigenvalue weighted by Crippen LogP contribution is 2.70. The Balaban J connectivity index is 1.21. The number of hydrogen-bond acceptors (Lipinski definition) is 5. The van der Waals surface area contributed by atoms with Crippen LogP contribution in [0.3, 0.4) is 0 Å². The molecule has 5 heteroatoms. The maximum atomic E-state index is 14.2. The lowest BCUT2D eigenvalue weighted by molar-refractivity contribution is -0.272. The van der Waals surface area contributed by atoms with E-state index in [2.05, 4.69) is 27.7 Å². The van der Waals surface area contributed by atoms with Crippen molar-refractivity contribution in [2.45, 2.75) is 123 Å². The van der Waals surface area contributed by atoms with E-state index < -0.39 is 5.79 Å². The highest BCUT2D eigenvalue weighted by atomic mass is 16.7. The first-order valence-electron chi connectivity index (χ1n) is 15.2. The first-order chi connectivity index (χ1) is 17.1. The fraction of sp³-hybridized carbons (Fsp3) is 0.935. The van der Waals surface area contributed by atoms with Gasteiger partial charge in [-0.25, -0.2) is 0 Å². The van der Waals surface area contributed by atoms with Crippen molar-refractivity contribution in [3.8, 4) is 0 Å². The van der Waals surface area contributed by atoms with Gasteiger partial charge in [0.25, 0.3) is 0 Å². The van der Waals surface area contributed by atoms with Crippen molar-refractivity contribution in [2.75, 3.05) is 6.61 Å². The van der Waals surface area contributed by atoms with Gasteiger partial charge in [-0.15, -0.1) is 0 Å². The van der Waals surface area contributed by atoms with Crippen molar-refractivity contribution in [3.63, 3.8) is 0 Å². The normalized spacial score (nSPS) is 53.9. The molecule has 36 heavy (non-hydrogen) atoms. The summed E-state index contributed by atoms with van der Waals surface area (Å²) in [5.74, 6) is 3.19. The Morgan fingerprint density at radius 3 is 2.58 bits per heavy atom. The number of carbonyl (C=O) groups excluding carboxylic acids is 2. The molecule has 0 aromatic heterocycles. The summed E-state index contributed by atoms with van der Waals surface area (Å²) in [5, 5.41) is 0. The van der Waals surface area contributed by atoms with E-state index in [-0.39, 0.29) is 40.8 Å². The van der Waals surface area contributed by atoms with Gasteiger partial charge < -0.3 is 14.2 Å². The molecule has 2 heterocycles. The average Bonchev–Trinajstić information content (AvgIpc) is 3.28.